The van der Waals surface area contributed by atoms with Crippen molar-refractivity contribution in [2.75, 3.05) is 39.5 Å². The molecule has 20 heavy (non-hydrogen) atoms. The summed E-state index contributed by atoms with van der Waals surface area (Å²) in [6.07, 6.45) is 5.60. The van der Waals surface area contributed by atoms with Crippen LogP contribution in [0.5, 0.6) is 0 Å². The molecule has 0 N–H and O–H groups in total. The van der Waals surface area contributed by atoms with Crippen LogP contribution in [0.2, 0.25) is 0 Å². The Labute approximate surface area is 120 Å². The van der Waals surface area contributed by atoms with E-state index in [1.807, 2.05) is 0 Å². The van der Waals surface area contributed by atoms with E-state index in [2.05, 4.69) is 0 Å². The lowest BCUT2D eigenvalue weighted by Gasteiger charge is -2.23. The van der Waals surface area contributed by atoms with Gasteiger partial charge >= 0.3 is 6.09 Å². The molecule has 1 unspecified atom stereocenters. The number of rotatable bonds is 5. The number of carbonyl (C=O) groups excluding carboxylic acids is 1. The van der Waals surface area contributed by atoms with Crippen molar-refractivity contribution in [1.82, 2.24) is 4.90 Å². The Morgan fingerprint density at radius 2 is 1.80 bits per heavy atom. The highest BCUT2D eigenvalue weighted by molar-refractivity contribution is 5.68. The quantitative estimate of drug-likeness (QED) is 0.775. The monoisotopic (exact) mass is 283 g/mol. The topological polar surface area (TPSA) is 48.0 Å². The summed E-state index contributed by atoms with van der Waals surface area (Å²) in [5, 5.41) is 0. The number of carbonyl (C=O) groups is 1. The van der Waals surface area contributed by atoms with Crippen molar-refractivity contribution in [1.29, 1.82) is 0 Å². The number of ether oxygens (including phenoxy) is 3. The van der Waals surface area contributed by atoms with E-state index in [0.29, 0.717) is 19.1 Å². The van der Waals surface area contributed by atoms with Crippen LogP contribution in [0.1, 0.15) is 32.1 Å². The van der Waals surface area contributed by atoms with Crippen molar-refractivity contribution in [2.24, 2.45) is 11.8 Å². The molecule has 3 rings (SSSR count). The summed E-state index contributed by atoms with van der Waals surface area (Å²) in [6, 6.07) is 0. The molecule has 3 fully saturated rings. The van der Waals surface area contributed by atoms with Crippen LogP contribution in [0.15, 0.2) is 0 Å². The fraction of sp³-hybridized carbons (Fsp3) is 0.933. The van der Waals surface area contributed by atoms with E-state index in [1.165, 1.54) is 12.8 Å². The van der Waals surface area contributed by atoms with E-state index < -0.39 is 0 Å². The van der Waals surface area contributed by atoms with Gasteiger partial charge in [0.15, 0.2) is 0 Å². The molecule has 0 aromatic carbocycles. The maximum absolute atomic E-state index is 12.0. The van der Waals surface area contributed by atoms with Crippen LogP contribution in [0, 0.1) is 11.8 Å². The van der Waals surface area contributed by atoms with E-state index in [9.17, 15) is 4.79 Å². The molecule has 0 radical (unpaired) electrons. The number of amides is 1. The van der Waals surface area contributed by atoms with Gasteiger partial charge in [-0.3, -0.25) is 0 Å². The second-order valence-electron chi connectivity index (χ2n) is 6.27. The predicted octanol–water partition coefficient (Wildman–Crippen LogP) is 2.05. The molecule has 5 heteroatoms. The Hall–Kier alpha value is -0.810. The molecule has 2 saturated heterocycles. The Morgan fingerprint density at radius 3 is 2.55 bits per heavy atom. The zero-order valence-corrected chi connectivity index (χ0v) is 12.1. The van der Waals surface area contributed by atoms with Crippen LogP contribution in [0.25, 0.3) is 0 Å². The average molecular weight is 283 g/mol. The fourth-order valence-electron chi connectivity index (χ4n) is 2.78. The molecular weight excluding hydrogens is 258 g/mol. The molecule has 0 spiro atoms. The van der Waals surface area contributed by atoms with Gasteiger partial charge in [0.2, 0.25) is 0 Å². The molecule has 0 aromatic heterocycles. The second-order valence-corrected chi connectivity index (χ2v) is 6.27. The largest absolute Gasteiger partial charge is 0.449 e. The van der Waals surface area contributed by atoms with Crippen molar-refractivity contribution in [3.05, 3.63) is 0 Å². The SMILES string of the molecule is O=C(OCC1CCOCC1)N1CCC(OCC2CC2)C1. The number of hydrogen-bond donors (Lipinski definition) is 0. The van der Waals surface area contributed by atoms with E-state index in [4.69, 9.17) is 14.2 Å². The molecule has 114 valence electrons. The van der Waals surface area contributed by atoms with Gasteiger partial charge in [-0.05, 0) is 43.9 Å². The fourth-order valence-corrected chi connectivity index (χ4v) is 2.78. The van der Waals surface area contributed by atoms with Crippen molar-refractivity contribution in [2.45, 2.75) is 38.2 Å². The van der Waals surface area contributed by atoms with Gasteiger partial charge in [-0.15, -0.1) is 0 Å². The van der Waals surface area contributed by atoms with Crippen molar-refractivity contribution >= 4 is 6.09 Å². The summed E-state index contributed by atoms with van der Waals surface area (Å²) >= 11 is 0. The molecule has 5 nitrogen and oxygen atoms in total. The Morgan fingerprint density at radius 1 is 1.05 bits per heavy atom. The Balaban J connectivity index is 1.32. The molecule has 1 atom stereocenters. The second kappa shape index (κ2) is 6.76. The van der Waals surface area contributed by atoms with Gasteiger partial charge in [-0.25, -0.2) is 4.79 Å². The average Bonchev–Trinajstić information content (AvgIpc) is 3.20. The third-order valence-electron chi connectivity index (χ3n) is 4.45. The Bertz CT molecular complexity index is 326. The van der Waals surface area contributed by atoms with Crippen LogP contribution in [0.4, 0.5) is 4.79 Å². The molecule has 0 aromatic rings. The third-order valence-corrected chi connectivity index (χ3v) is 4.45. The van der Waals surface area contributed by atoms with Gasteiger partial charge < -0.3 is 19.1 Å². The van der Waals surface area contributed by atoms with E-state index in [1.54, 1.807) is 4.90 Å². The lowest BCUT2D eigenvalue weighted by molar-refractivity contribution is 0.0264. The molecule has 1 aliphatic carbocycles. The van der Waals surface area contributed by atoms with Crippen LogP contribution in [-0.4, -0.2) is 56.6 Å². The summed E-state index contributed by atoms with van der Waals surface area (Å²) in [6.45, 7) is 4.45. The minimum atomic E-state index is -0.172. The maximum Gasteiger partial charge on any atom is 0.409 e. The van der Waals surface area contributed by atoms with Gasteiger partial charge in [-0.1, -0.05) is 0 Å². The standard InChI is InChI=1S/C15H25NO4/c17-15(20-11-13-4-7-18-8-5-13)16-6-3-14(9-16)19-10-12-1-2-12/h12-14H,1-11H2. The summed E-state index contributed by atoms with van der Waals surface area (Å²) in [5.74, 6) is 1.25. The van der Waals surface area contributed by atoms with Gasteiger partial charge in [0, 0.05) is 26.4 Å². The highest BCUT2D eigenvalue weighted by atomic mass is 16.6. The van der Waals surface area contributed by atoms with Gasteiger partial charge in [0.05, 0.1) is 19.3 Å². The van der Waals surface area contributed by atoms with Crippen molar-refractivity contribution in [3.63, 3.8) is 0 Å². The van der Waals surface area contributed by atoms with Crippen LogP contribution in [-0.2, 0) is 14.2 Å². The third kappa shape index (κ3) is 4.09. The van der Waals surface area contributed by atoms with Gasteiger partial charge in [0.25, 0.3) is 0 Å². The molecule has 1 saturated carbocycles. The van der Waals surface area contributed by atoms with E-state index >= 15 is 0 Å². The van der Waals surface area contributed by atoms with Crippen LogP contribution >= 0.6 is 0 Å². The zero-order valence-electron chi connectivity index (χ0n) is 12.1. The molecule has 3 aliphatic rings. The Kier molecular flexibility index (Phi) is 4.78. The molecular formula is C15H25NO4. The molecule has 2 heterocycles. The number of nitrogens with zero attached hydrogens (tertiary/aromatic N) is 1. The molecule has 2 aliphatic heterocycles. The van der Waals surface area contributed by atoms with Crippen molar-refractivity contribution < 1.29 is 19.0 Å². The van der Waals surface area contributed by atoms with Gasteiger partial charge in [-0.2, -0.15) is 0 Å². The van der Waals surface area contributed by atoms with Gasteiger partial charge in [0.1, 0.15) is 0 Å². The summed E-state index contributed by atoms with van der Waals surface area (Å²) in [5.41, 5.74) is 0. The normalized spacial score (nSPS) is 27.8. The maximum atomic E-state index is 12.0. The predicted molar refractivity (Wildman–Crippen MR) is 73.5 cm³/mol. The van der Waals surface area contributed by atoms with E-state index in [-0.39, 0.29) is 12.2 Å². The first-order chi connectivity index (χ1) is 9.81. The van der Waals surface area contributed by atoms with E-state index in [0.717, 1.165) is 51.5 Å². The smallest absolute Gasteiger partial charge is 0.409 e. The lowest BCUT2D eigenvalue weighted by atomic mass is 10.0. The molecule has 0 bridgehead atoms. The lowest BCUT2D eigenvalue weighted by Crippen LogP contribution is -2.32. The summed E-state index contributed by atoms with van der Waals surface area (Å²) < 4.78 is 16.6. The highest BCUT2D eigenvalue weighted by Crippen LogP contribution is 2.30. The van der Waals surface area contributed by atoms with Crippen LogP contribution < -0.4 is 0 Å². The number of likely N-dealkylation sites (tertiary alicyclic amines) is 1. The highest BCUT2D eigenvalue weighted by Gasteiger charge is 2.30. The zero-order chi connectivity index (χ0) is 13.8. The first-order valence-corrected chi connectivity index (χ1v) is 7.92. The summed E-state index contributed by atoms with van der Waals surface area (Å²) in [7, 11) is 0. The summed E-state index contributed by atoms with van der Waals surface area (Å²) in [4.78, 5) is 13.8. The first kappa shape index (κ1) is 14.1. The number of hydrogen-bond acceptors (Lipinski definition) is 4. The van der Waals surface area contributed by atoms with Crippen molar-refractivity contribution in [3.8, 4) is 0 Å². The first-order valence-electron chi connectivity index (χ1n) is 7.92. The minimum Gasteiger partial charge on any atom is -0.449 e. The minimum absolute atomic E-state index is 0.172. The molecule has 1 amide bonds. The van der Waals surface area contributed by atoms with Crippen LogP contribution in [0.3, 0.4) is 0 Å².